The fourth-order valence-electron chi connectivity index (χ4n) is 3.93. The third-order valence-electron chi connectivity index (χ3n) is 4.92. The number of hydrogen-bond donors (Lipinski definition) is 0. The molecule has 0 N–H and O–H groups in total. The van der Waals surface area contributed by atoms with E-state index in [2.05, 4.69) is 72.8 Å². The first-order chi connectivity index (χ1) is 10.9. The van der Waals surface area contributed by atoms with Crippen molar-refractivity contribution in [3.8, 4) is 11.1 Å². The van der Waals surface area contributed by atoms with Crippen molar-refractivity contribution in [3.63, 3.8) is 0 Å². The number of rotatable bonds is 1. The van der Waals surface area contributed by atoms with E-state index in [4.69, 9.17) is 0 Å². The van der Waals surface area contributed by atoms with Crippen LogP contribution in [0, 0.1) is 6.07 Å². The third kappa shape index (κ3) is 1.58. The van der Waals surface area contributed by atoms with E-state index in [1.807, 2.05) is 6.07 Å². The molecular formula is C22H15. The zero-order valence-corrected chi connectivity index (χ0v) is 12.2. The van der Waals surface area contributed by atoms with E-state index in [1.54, 1.807) is 0 Å². The summed E-state index contributed by atoms with van der Waals surface area (Å²) in [5.41, 5.74) is 9.87. The number of benzene rings is 3. The molecule has 2 aliphatic rings. The molecule has 0 fully saturated rings. The second-order valence-electron chi connectivity index (χ2n) is 6.11. The predicted molar refractivity (Wildman–Crippen MR) is 90.8 cm³/mol. The van der Waals surface area contributed by atoms with Gasteiger partial charge in [-0.2, -0.15) is 0 Å². The average molecular weight is 279 g/mol. The molecule has 0 saturated carbocycles. The van der Waals surface area contributed by atoms with E-state index in [1.165, 1.54) is 38.9 Å². The van der Waals surface area contributed by atoms with Crippen molar-refractivity contribution in [2.75, 3.05) is 0 Å². The molecule has 1 unspecified atom stereocenters. The van der Waals surface area contributed by atoms with Crippen LogP contribution in [0.3, 0.4) is 0 Å². The van der Waals surface area contributed by atoms with Gasteiger partial charge >= 0.3 is 0 Å². The summed E-state index contributed by atoms with van der Waals surface area (Å²) in [6.45, 7) is 0. The standard InChI is InChI=1S/C22H15/c1-3-9-18-15(6-1)12-13-20(18)21-11-5-8-17-14-16-7-2-4-10-19(16)22(17)21/h1-3,5-13,20H,14H2. The molecule has 1 radical (unpaired) electrons. The summed E-state index contributed by atoms with van der Waals surface area (Å²) in [7, 11) is 0. The Morgan fingerprint density at radius 2 is 1.77 bits per heavy atom. The molecule has 1 atom stereocenters. The second kappa shape index (κ2) is 4.45. The van der Waals surface area contributed by atoms with Crippen LogP contribution in [0.1, 0.15) is 33.7 Å². The highest BCUT2D eigenvalue weighted by atomic mass is 14.3. The first-order valence-electron chi connectivity index (χ1n) is 7.80. The fourth-order valence-corrected chi connectivity index (χ4v) is 3.93. The molecule has 0 aromatic heterocycles. The lowest BCUT2D eigenvalue weighted by Crippen LogP contribution is -1.99. The summed E-state index contributed by atoms with van der Waals surface area (Å²) < 4.78 is 0. The van der Waals surface area contributed by atoms with Crippen LogP contribution in [0.5, 0.6) is 0 Å². The van der Waals surface area contributed by atoms with Gasteiger partial charge in [-0.3, -0.25) is 0 Å². The molecule has 3 aromatic rings. The van der Waals surface area contributed by atoms with E-state index in [0.717, 1.165) is 6.42 Å². The molecule has 103 valence electrons. The van der Waals surface area contributed by atoms with Crippen molar-refractivity contribution in [3.05, 3.63) is 101 Å². The van der Waals surface area contributed by atoms with Gasteiger partial charge in [-0.1, -0.05) is 66.7 Å². The van der Waals surface area contributed by atoms with Gasteiger partial charge in [0, 0.05) is 5.92 Å². The lowest BCUT2D eigenvalue weighted by molar-refractivity contribution is 1.05. The zero-order chi connectivity index (χ0) is 14.5. The van der Waals surface area contributed by atoms with Gasteiger partial charge in [0.25, 0.3) is 0 Å². The minimum Gasteiger partial charge on any atom is -0.0720 e. The smallest absolute Gasteiger partial charge is 0.0285 e. The quantitative estimate of drug-likeness (QED) is 0.448. The maximum Gasteiger partial charge on any atom is 0.0285 e. The monoisotopic (exact) mass is 279 g/mol. The molecule has 0 bridgehead atoms. The number of hydrogen-bond acceptors (Lipinski definition) is 0. The molecule has 3 aromatic carbocycles. The summed E-state index contributed by atoms with van der Waals surface area (Å²) in [6, 6.07) is 25.1. The minimum atomic E-state index is 0.373. The Bertz CT molecular complexity index is 915. The molecule has 0 spiro atoms. The van der Waals surface area contributed by atoms with Crippen molar-refractivity contribution in [2.45, 2.75) is 12.3 Å². The minimum absolute atomic E-state index is 0.373. The van der Waals surface area contributed by atoms with Gasteiger partial charge in [-0.25, -0.2) is 0 Å². The predicted octanol–water partition coefficient (Wildman–Crippen LogP) is 5.22. The van der Waals surface area contributed by atoms with Crippen LogP contribution >= 0.6 is 0 Å². The molecule has 0 heterocycles. The molecule has 0 amide bonds. The summed E-state index contributed by atoms with van der Waals surface area (Å²) >= 11 is 0. The van der Waals surface area contributed by atoms with Gasteiger partial charge in [-0.15, -0.1) is 0 Å². The van der Waals surface area contributed by atoms with Crippen LogP contribution in [0.2, 0.25) is 0 Å². The second-order valence-corrected chi connectivity index (χ2v) is 6.11. The molecule has 0 saturated heterocycles. The third-order valence-corrected chi connectivity index (χ3v) is 4.92. The van der Waals surface area contributed by atoms with Crippen molar-refractivity contribution >= 4 is 6.08 Å². The van der Waals surface area contributed by atoms with Gasteiger partial charge in [0.15, 0.2) is 0 Å². The van der Waals surface area contributed by atoms with Crippen LogP contribution in [0.15, 0.2) is 66.7 Å². The lowest BCUT2D eigenvalue weighted by Gasteiger charge is -2.16. The largest absolute Gasteiger partial charge is 0.0720 e. The Balaban J connectivity index is 1.74. The van der Waals surface area contributed by atoms with Gasteiger partial charge in [0.1, 0.15) is 0 Å². The Kier molecular flexibility index (Phi) is 2.42. The topological polar surface area (TPSA) is 0 Å². The molecule has 22 heavy (non-hydrogen) atoms. The summed E-state index contributed by atoms with van der Waals surface area (Å²) in [6.07, 6.45) is 5.64. The Labute approximate surface area is 130 Å². The normalized spacial score (nSPS) is 17.2. The maximum atomic E-state index is 3.25. The van der Waals surface area contributed by atoms with E-state index >= 15 is 0 Å². The Hall–Kier alpha value is -2.60. The van der Waals surface area contributed by atoms with Crippen LogP contribution in [0.4, 0.5) is 0 Å². The van der Waals surface area contributed by atoms with E-state index in [0.29, 0.717) is 5.92 Å². The fraction of sp³-hybridized carbons (Fsp3) is 0.0909. The lowest BCUT2D eigenvalue weighted by atomic mass is 9.87. The first-order valence-corrected chi connectivity index (χ1v) is 7.80. The highest BCUT2D eigenvalue weighted by Gasteiger charge is 2.26. The zero-order valence-electron chi connectivity index (χ0n) is 12.2. The van der Waals surface area contributed by atoms with Gasteiger partial charge in [-0.05, 0) is 57.5 Å². The summed E-state index contributed by atoms with van der Waals surface area (Å²) in [5.74, 6) is 0.373. The SMILES string of the molecule is [c]1ccc2c(c1)-c1c(cccc1C1C=Cc3ccccc31)C2. The average Bonchev–Trinajstić information content (AvgIpc) is 3.16. The van der Waals surface area contributed by atoms with E-state index < -0.39 is 0 Å². The molecule has 0 heteroatoms. The van der Waals surface area contributed by atoms with Crippen LogP contribution < -0.4 is 0 Å². The highest BCUT2D eigenvalue weighted by molar-refractivity contribution is 5.82. The van der Waals surface area contributed by atoms with Crippen molar-refractivity contribution in [2.24, 2.45) is 0 Å². The van der Waals surface area contributed by atoms with Crippen LogP contribution in [-0.2, 0) is 6.42 Å². The highest BCUT2D eigenvalue weighted by Crippen LogP contribution is 2.45. The van der Waals surface area contributed by atoms with Gasteiger partial charge in [0.05, 0.1) is 0 Å². The molecule has 0 aliphatic heterocycles. The molecule has 2 aliphatic carbocycles. The Morgan fingerprint density at radius 3 is 2.77 bits per heavy atom. The summed E-state index contributed by atoms with van der Waals surface area (Å²) in [5, 5.41) is 0. The van der Waals surface area contributed by atoms with Crippen molar-refractivity contribution in [1.29, 1.82) is 0 Å². The summed E-state index contributed by atoms with van der Waals surface area (Å²) in [4.78, 5) is 0. The van der Waals surface area contributed by atoms with Crippen molar-refractivity contribution < 1.29 is 0 Å². The van der Waals surface area contributed by atoms with Gasteiger partial charge < -0.3 is 0 Å². The van der Waals surface area contributed by atoms with Crippen molar-refractivity contribution in [1.82, 2.24) is 0 Å². The molecule has 5 rings (SSSR count). The van der Waals surface area contributed by atoms with E-state index in [9.17, 15) is 0 Å². The van der Waals surface area contributed by atoms with Crippen LogP contribution in [0.25, 0.3) is 17.2 Å². The molecular weight excluding hydrogens is 264 g/mol. The maximum absolute atomic E-state index is 3.25. The number of allylic oxidation sites excluding steroid dienone is 1. The van der Waals surface area contributed by atoms with Crippen LogP contribution in [-0.4, -0.2) is 0 Å². The number of fused-ring (bicyclic) bond motifs is 4. The first kappa shape index (κ1) is 12.0. The molecule has 0 nitrogen and oxygen atoms in total. The Morgan fingerprint density at radius 1 is 0.864 bits per heavy atom. The van der Waals surface area contributed by atoms with Gasteiger partial charge in [0.2, 0.25) is 0 Å². The van der Waals surface area contributed by atoms with E-state index in [-0.39, 0.29) is 0 Å².